The van der Waals surface area contributed by atoms with Gasteiger partial charge in [0.15, 0.2) is 5.69 Å². The molecule has 0 fully saturated rings. The van der Waals surface area contributed by atoms with E-state index in [0.717, 1.165) is 36.2 Å². The van der Waals surface area contributed by atoms with Gasteiger partial charge in [0.2, 0.25) is 5.89 Å². The van der Waals surface area contributed by atoms with Crippen molar-refractivity contribution in [2.24, 2.45) is 0 Å². The van der Waals surface area contributed by atoms with E-state index in [4.69, 9.17) is 4.42 Å². The summed E-state index contributed by atoms with van der Waals surface area (Å²) in [5.74, 6) is -0.179. The van der Waals surface area contributed by atoms with E-state index in [1.54, 1.807) is 4.90 Å². The van der Waals surface area contributed by atoms with Gasteiger partial charge in [0.05, 0.1) is 5.56 Å². The number of alkyl halides is 3. The third-order valence-electron chi connectivity index (χ3n) is 4.54. The van der Waals surface area contributed by atoms with Gasteiger partial charge >= 0.3 is 6.18 Å². The van der Waals surface area contributed by atoms with Gasteiger partial charge in [-0.25, -0.2) is 4.98 Å². The van der Waals surface area contributed by atoms with Gasteiger partial charge in [-0.15, -0.1) is 0 Å². The number of aryl methyl sites for hydroxylation is 1. The second-order valence-electron chi connectivity index (χ2n) is 6.30. The lowest BCUT2D eigenvalue weighted by Crippen LogP contribution is -2.35. The SMILES string of the molecule is O=C(c1coc(-c2ccc(C(F)(F)F)cc2)n1)N1CCCc2ccccc21. The first-order valence-electron chi connectivity index (χ1n) is 8.46. The molecule has 0 bridgehead atoms. The summed E-state index contributed by atoms with van der Waals surface area (Å²) >= 11 is 0. The number of hydrogen-bond acceptors (Lipinski definition) is 3. The normalized spacial score (nSPS) is 14.1. The number of fused-ring (bicyclic) bond motifs is 1. The Labute approximate surface area is 153 Å². The summed E-state index contributed by atoms with van der Waals surface area (Å²) in [6.07, 6.45) is -1.40. The molecule has 4 nitrogen and oxygen atoms in total. The molecule has 138 valence electrons. The lowest BCUT2D eigenvalue weighted by molar-refractivity contribution is -0.137. The number of carbonyl (C=O) groups is 1. The molecule has 2 heterocycles. The van der Waals surface area contributed by atoms with Crippen LogP contribution < -0.4 is 4.90 Å². The second-order valence-corrected chi connectivity index (χ2v) is 6.30. The van der Waals surface area contributed by atoms with E-state index in [9.17, 15) is 18.0 Å². The molecule has 3 aromatic rings. The molecule has 2 aromatic carbocycles. The fraction of sp³-hybridized carbons (Fsp3) is 0.200. The van der Waals surface area contributed by atoms with Crippen molar-refractivity contribution in [1.29, 1.82) is 0 Å². The predicted octanol–water partition coefficient (Wildman–Crippen LogP) is 4.95. The highest BCUT2D eigenvalue weighted by Crippen LogP contribution is 2.31. The van der Waals surface area contributed by atoms with Crippen LogP contribution in [0.25, 0.3) is 11.5 Å². The minimum Gasteiger partial charge on any atom is -0.444 e. The van der Waals surface area contributed by atoms with Gasteiger partial charge in [-0.05, 0) is 48.7 Å². The van der Waals surface area contributed by atoms with Crippen molar-refractivity contribution in [2.45, 2.75) is 19.0 Å². The number of benzene rings is 2. The van der Waals surface area contributed by atoms with E-state index in [1.807, 2.05) is 24.3 Å². The number of halogens is 3. The number of oxazole rings is 1. The van der Waals surface area contributed by atoms with Crippen LogP contribution in [0.2, 0.25) is 0 Å². The zero-order valence-electron chi connectivity index (χ0n) is 14.2. The quantitative estimate of drug-likeness (QED) is 0.639. The molecule has 1 aromatic heterocycles. The minimum absolute atomic E-state index is 0.109. The van der Waals surface area contributed by atoms with Crippen LogP contribution in [0.4, 0.5) is 18.9 Å². The van der Waals surface area contributed by atoms with Crippen LogP contribution in [0.1, 0.15) is 28.0 Å². The summed E-state index contributed by atoms with van der Waals surface area (Å²) in [5, 5.41) is 0. The molecule has 0 N–H and O–H groups in total. The summed E-state index contributed by atoms with van der Waals surface area (Å²) in [6.45, 7) is 0.582. The summed E-state index contributed by atoms with van der Waals surface area (Å²) in [5.41, 5.74) is 1.71. The average Bonchev–Trinajstić information content (AvgIpc) is 3.16. The smallest absolute Gasteiger partial charge is 0.416 e. The fourth-order valence-corrected chi connectivity index (χ4v) is 3.19. The van der Waals surface area contributed by atoms with Crippen molar-refractivity contribution in [2.75, 3.05) is 11.4 Å². The number of hydrogen-bond donors (Lipinski definition) is 0. The molecule has 4 rings (SSSR count). The zero-order valence-corrected chi connectivity index (χ0v) is 14.2. The van der Waals surface area contributed by atoms with Gasteiger partial charge in [-0.3, -0.25) is 4.79 Å². The summed E-state index contributed by atoms with van der Waals surface area (Å²) in [7, 11) is 0. The Morgan fingerprint density at radius 2 is 1.81 bits per heavy atom. The van der Waals surface area contributed by atoms with Crippen molar-refractivity contribution in [3.8, 4) is 11.5 Å². The highest BCUT2D eigenvalue weighted by Gasteiger charge is 2.30. The monoisotopic (exact) mass is 372 g/mol. The summed E-state index contributed by atoms with van der Waals surface area (Å²) < 4.78 is 43.3. The van der Waals surface area contributed by atoms with Gasteiger partial charge in [0.25, 0.3) is 5.91 Å². The lowest BCUT2D eigenvalue weighted by atomic mass is 10.0. The third kappa shape index (κ3) is 3.32. The van der Waals surface area contributed by atoms with Crippen LogP contribution in [0.5, 0.6) is 0 Å². The first kappa shape index (κ1) is 17.3. The molecule has 0 aliphatic carbocycles. The van der Waals surface area contributed by atoms with E-state index in [1.165, 1.54) is 18.4 Å². The first-order valence-corrected chi connectivity index (χ1v) is 8.46. The maximum Gasteiger partial charge on any atom is 0.416 e. The van der Waals surface area contributed by atoms with Crippen LogP contribution in [0.15, 0.2) is 59.2 Å². The number of anilines is 1. The Morgan fingerprint density at radius 3 is 2.56 bits per heavy atom. The molecule has 7 heteroatoms. The van der Waals surface area contributed by atoms with Gasteiger partial charge in [0.1, 0.15) is 6.26 Å². The molecule has 0 atom stereocenters. The average molecular weight is 372 g/mol. The number of aromatic nitrogens is 1. The molecular weight excluding hydrogens is 357 g/mol. The molecular formula is C20H15F3N2O2. The molecule has 1 amide bonds. The second kappa shape index (κ2) is 6.57. The first-order chi connectivity index (χ1) is 12.9. The van der Waals surface area contributed by atoms with Crippen LogP contribution in [-0.2, 0) is 12.6 Å². The van der Waals surface area contributed by atoms with E-state index in [-0.39, 0.29) is 17.5 Å². The van der Waals surface area contributed by atoms with Crippen molar-refractivity contribution in [3.05, 3.63) is 71.6 Å². The summed E-state index contributed by atoms with van der Waals surface area (Å²) in [6, 6.07) is 12.2. The summed E-state index contributed by atoms with van der Waals surface area (Å²) in [4.78, 5) is 18.7. The van der Waals surface area contributed by atoms with Gasteiger partial charge in [-0.1, -0.05) is 18.2 Å². The van der Waals surface area contributed by atoms with Crippen molar-refractivity contribution in [3.63, 3.8) is 0 Å². The van der Waals surface area contributed by atoms with E-state index in [0.29, 0.717) is 12.1 Å². The van der Waals surface area contributed by atoms with Gasteiger partial charge in [-0.2, -0.15) is 13.2 Å². The Bertz CT molecular complexity index is 977. The highest BCUT2D eigenvalue weighted by molar-refractivity contribution is 6.05. The van der Waals surface area contributed by atoms with Crippen LogP contribution in [0.3, 0.4) is 0 Å². The molecule has 27 heavy (non-hydrogen) atoms. The van der Waals surface area contributed by atoms with Crippen LogP contribution >= 0.6 is 0 Å². The van der Waals surface area contributed by atoms with Gasteiger partial charge in [0, 0.05) is 17.8 Å². The van der Waals surface area contributed by atoms with E-state index < -0.39 is 11.7 Å². The molecule has 1 aliphatic heterocycles. The molecule has 0 saturated carbocycles. The molecule has 1 aliphatic rings. The molecule has 0 spiro atoms. The highest BCUT2D eigenvalue weighted by atomic mass is 19.4. The predicted molar refractivity (Wildman–Crippen MR) is 93.4 cm³/mol. The van der Waals surface area contributed by atoms with Crippen molar-refractivity contribution in [1.82, 2.24) is 4.98 Å². The Balaban J connectivity index is 1.59. The number of para-hydroxylation sites is 1. The van der Waals surface area contributed by atoms with E-state index >= 15 is 0 Å². The number of rotatable bonds is 2. The lowest BCUT2D eigenvalue weighted by Gasteiger charge is -2.28. The largest absolute Gasteiger partial charge is 0.444 e. The third-order valence-corrected chi connectivity index (χ3v) is 4.54. The van der Waals surface area contributed by atoms with Crippen LogP contribution in [-0.4, -0.2) is 17.4 Å². The van der Waals surface area contributed by atoms with Crippen molar-refractivity contribution < 1.29 is 22.4 Å². The Morgan fingerprint density at radius 1 is 1.07 bits per heavy atom. The number of amides is 1. The molecule has 0 unspecified atom stereocenters. The fourth-order valence-electron chi connectivity index (χ4n) is 3.19. The molecule has 0 radical (unpaired) electrons. The standard InChI is InChI=1S/C20H15F3N2O2/c21-20(22,23)15-9-7-14(8-10-15)18-24-16(12-27-18)19(26)25-11-3-5-13-4-1-2-6-17(13)25/h1-2,4,6-10,12H,3,5,11H2. The Kier molecular flexibility index (Phi) is 4.22. The maximum absolute atomic E-state index is 12.8. The number of nitrogens with zero attached hydrogens (tertiary/aromatic N) is 2. The zero-order chi connectivity index (χ0) is 19.0. The van der Waals surface area contributed by atoms with Gasteiger partial charge < -0.3 is 9.32 Å². The van der Waals surface area contributed by atoms with Crippen LogP contribution in [0, 0.1) is 0 Å². The maximum atomic E-state index is 12.8. The Hall–Kier alpha value is -3.09. The molecule has 0 saturated heterocycles. The topological polar surface area (TPSA) is 46.3 Å². The van der Waals surface area contributed by atoms with Crippen molar-refractivity contribution >= 4 is 11.6 Å². The number of carbonyl (C=O) groups excluding carboxylic acids is 1. The van der Waals surface area contributed by atoms with E-state index in [2.05, 4.69) is 4.98 Å². The minimum atomic E-state index is -4.40.